The van der Waals surface area contributed by atoms with Gasteiger partial charge in [0.1, 0.15) is 0 Å². The van der Waals surface area contributed by atoms with E-state index < -0.39 is 0 Å². The first-order valence-corrected chi connectivity index (χ1v) is 7.30. The molecule has 118 valence electrons. The number of hydrogen-bond acceptors (Lipinski definition) is 4. The van der Waals surface area contributed by atoms with Gasteiger partial charge in [-0.25, -0.2) is 0 Å². The van der Waals surface area contributed by atoms with E-state index in [2.05, 4.69) is 29.0 Å². The zero-order valence-corrected chi connectivity index (χ0v) is 13.5. The average Bonchev–Trinajstić information content (AvgIpc) is 2.47. The predicted molar refractivity (Wildman–Crippen MR) is 86.6 cm³/mol. The summed E-state index contributed by atoms with van der Waals surface area (Å²) < 4.78 is 0. The maximum atomic E-state index is 12.2. The van der Waals surface area contributed by atoms with Crippen molar-refractivity contribution >= 4 is 18.3 Å². The number of pyridine rings is 1. The van der Waals surface area contributed by atoms with Crippen molar-refractivity contribution < 1.29 is 4.79 Å². The van der Waals surface area contributed by atoms with E-state index in [1.807, 2.05) is 0 Å². The molecule has 1 aromatic heterocycles. The van der Waals surface area contributed by atoms with E-state index >= 15 is 0 Å². The quantitative estimate of drug-likeness (QED) is 0.885. The SMILES string of the molecule is CC(C)N1CCC(NC(=O)c2ccnc(CN)c2)CC1.Cl. The van der Waals surface area contributed by atoms with Gasteiger partial charge in [0.05, 0.1) is 5.69 Å². The highest BCUT2D eigenvalue weighted by molar-refractivity contribution is 5.94. The van der Waals surface area contributed by atoms with Crippen LogP contribution in [0.4, 0.5) is 0 Å². The summed E-state index contributed by atoms with van der Waals surface area (Å²) in [5, 5.41) is 3.11. The van der Waals surface area contributed by atoms with Crippen molar-refractivity contribution in [2.75, 3.05) is 13.1 Å². The predicted octanol–water partition coefficient (Wildman–Crippen LogP) is 1.56. The van der Waals surface area contributed by atoms with Gasteiger partial charge in [0.15, 0.2) is 0 Å². The van der Waals surface area contributed by atoms with Crippen LogP contribution in [0.25, 0.3) is 0 Å². The molecular formula is C15H25ClN4O. The molecule has 0 radical (unpaired) electrons. The molecule has 2 heterocycles. The number of amides is 1. The molecule has 6 heteroatoms. The molecule has 1 fully saturated rings. The molecule has 5 nitrogen and oxygen atoms in total. The number of carbonyl (C=O) groups is 1. The van der Waals surface area contributed by atoms with Crippen molar-refractivity contribution in [2.24, 2.45) is 5.73 Å². The van der Waals surface area contributed by atoms with Gasteiger partial charge >= 0.3 is 0 Å². The number of piperidine rings is 1. The molecule has 0 aliphatic carbocycles. The second kappa shape index (κ2) is 8.32. The summed E-state index contributed by atoms with van der Waals surface area (Å²) >= 11 is 0. The summed E-state index contributed by atoms with van der Waals surface area (Å²) in [4.78, 5) is 18.8. The van der Waals surface area contributed by atoms with Gasteiger partial charge in [0.2, 0.25) is 0 Å². The topological polar surface area (TPSA) is 71.2 Å². The van der Waals surface area contributed by atoms with Gasteiger partial charge in [-0.2, -0.15) is 0 Å². The highest BCUT2D eigenvalue weighted by Crippen LogP contribution is 2.13. The Balaban J connectivity index is 0.00000220. The standard InChI is InChI=1S/C15H24N4O.ClH/c1-11(2)19-7-4-13(5-8-19)18-15(20)12-3-6-17-14(9-12)10-16;/h3,6,9,11,13H,4-5,7-8,10,16H2,1-2H3,(H,18,20);1H. The molecule has 1 aliphatic heterocycles. The number of hydrogen-bond donors (Lipinski definition) is 2. The molecule has 1 saturated heterocycles. The van der Waals surface area contributed by atoms with Crippen LogP contribution in [0, 0.1) is 0 Å². The Hall–Kier alpha value is -1.17. The maximum Gasteiger partial charge on any atom is 0.251 e. The van der Waals surface area contributed by atoms with Crippen LogP contribution in [0.15, 0.2) is 18.3 Å². The van der Waals surface area contributed by atoms with E-state index in [4.69, 9.17) is 5.73 Å². The van der Waals surface area contributed by atoms with Gasteiger partial charge in [-0.3, -0.25) is 9.78 Å². The van der Waals surface area contributed by atoms with Crippen LogP contribution in [-0.2, 0) is 6.54 Å². The molecule has 0 unspecified atom stereocenters. The van der Waals surface area contributed by atoms with Crippen molar-refractivity contribution in [3.63, 3.8) is 0 Å². The van der Waals surface area contributed by atoms with Gasteiger partial charge in [-0.05, 0) is 38.8 Å². The van der Waals surface area contributed by atoms with Crippen LogP contribution < -0.4 is 11.1 Å². The van der Waals surface area contributed by atoms with E-state index in [0.717, 1.165) is 31.6 Å². The summed E-state index contributed by atoms with van der Waals surface area (Å²) in [6, 6.07) is 4.35. The smallest absolute Gasteiger partial charge is 0.251 e. The third-order valence-corrected chi connectivity index (χ3v) is 3.88. The van der Waals surface area contributed by atoms with Crippen molar-refractivity contribution in [1.82, 2.24) is 15.2 Å². The second-order valence-electron chi connectivity index (χ2n) is 5.62. The summed E-state index contributed by atoms with van der Waals surface area (Å²) in [7, 11) is 0. The third kappa shape index (κ3) is 4.95. The summed E-state index contributed by atoms with van der Waals surface area (Å²) in [5.74, 6) is -0.0231. The number of nitrogens with zero attached hydrogens (tertiary/aromatic N) is 2. The lowest BCUT2D eigenvalue weighted by atomic mass is 10.0. The molecule has 21 heavy (non-hydrogen) atoms. The molecular weight excluding hydrogens is 288 g/mol. The van der Waals surface area contributed by atoms with Gasteiger partial charge in [0, 0.05) is 43.5 Å². The zero-order chi connectivity index (χ0) is 14.5. The lowest BCUT2D eigenvalue weighted by molar-refractivity contribution is 0.0900. The lowest BCUT2D eigenvalue weighted by Crippen LogP contribution is -2.46. The summed E-state index contributed by atoms with van der Waals surface area (Å²) in [5.41, 5.74) is 6.93. The minimum atomic E-state index is -0.0231. The number of rotatable bonds is 4. The number of halogens is 1. The largest absolute Gasteiger partial charge is 0.349 e. The van der Waals surface area contributed by atoms with Crippen LogP contribution >= 0.6 is 12.4 Å². The highest BCUT2D eigenvalue weighted by Gasteiger charge is 2.22. The minimum Gasteiger partial charge on any atom is -0.349 e. The molecule has 1 aromatic rings. The van der Waals surface area contributed by atoms with E-state index in [-0.39, 0.29) is 24.4 Å². The Morgan fingerprint density at radius 2 is 2.14 bits per heavy atom. The van der Waals surface area contributed by atoms with Crippen molar-refractivity contribution in [1.29, 1.82) is 0 Å². The molecule has 0 saturated carbocycles. The summed E-state index contributed by atoms with van der Waals surface area (Å²) in [6.45, 7) is 6.88. The van der Waals surface area contributed by atoms with E-state index in [9.17, 15) is 4.79 Å². The van der Waals surface area contributed by atoms with E-state index in [1.165, 1.54) is 0 Å². The van der Waals surface area contributed by atoms with Crippen LogP contribution in [0.2, 0.25) is 0 Å². The first-order valence-electron chi connectivity index (χ1n) is 7.30. The zero-order valence-electron chi connectivity index (χ0n) is 12.7. The number of nitrogens with two attached hydrogens (primary N) is 1. The van der Waals surface area contributed by atoms with Crippen molar-refractivity contribution in [3.05, 3.63) is 29.6 Å². The molecule has 0 atom stereocenters. The van der Waals surface area contributed by atoms with E-state index in [1.54, 1.807) is 18.3 Å². The van der Waals surface area contributed by atoms with Crippen molar-refractivity contribution in [2.45, 2.75) is 45.3 Å². The normalized spacial score (nSPS) is 16.6. The van der Waals surface area contributed by atoms with Gasteiger partial charge in [-0.15, -0.1) is 12.4 Å². The Morgan fingerprint density at radius 1 is 1.48 bits per heavy atom. The minimum absolute atomic E-state index is 0. The van der Waals surface area contributed by atoms with Gasteiger partial charge < -0.3 is 16.0 Å². The van der Waals surface area contributed by atoms with E-state index in [0.29, 0.717) is 18.2 Å². The van der Waals surface area contributed by atoms with Crippen molar-refractivity contribution in [3.8, 4) is 0 Å². The Morgan fingerprint density at radius 3 is 2.71 bits per heavy atom. The third-order valence-electron chi connectivity index (χ3n) is 3.88. The van der Waals surface area contributed by atoms with Gasteiger partial charge in [-0.1, -0.05) is 0 Å². The van der Waals surface area contributed by atoms with Crippen LogP contribution in [-0.4, -0.2) is 41.0 Å². The Kier molecular flexibility index (Phi) is 7.08. The number of likely N-dealkylation sites (tertiary alicyclic amines) is 1. The molecule has 0 aromatic carbocycles. The first-order chi connectivity index (χ1) is 9.60. The Bertz CT molecular complexity index is 459. The van der Waals surface area contributed by atoms with Crippen LogP contribution in [0.1, 0.15) is 42.7 Å². The summed E-state index contributed by atoms with van der Waals surface area (Å²) in [6.07, 6.45) is 3.66. The molecule has 0 bridgehead atoms. The molecule has 2 rings (SSSR count). The fourth-order valence-electron chi connectivity index (χ4n) is 2.56. The van der Waals surface area contributed by atoms with Gasteiger partial charge in [0.25, 0.3) is 5.91 Å². The first kappa shape index (κ1) is 17.9. The van der Waals surface area contributed by atoms with Crippen LogP contribution in [0.3, 0.4) is 0 Å². The molecule has 0 spiro atoms. The van der Waals surface area contributed by atoms with Crippen LogP contribution in [0.5, 0.6) is 0 Å². The fraction of sp³-hybridized carbons (Fsp3) is 0.600. The molecule has 3 N–H and O–H groups in total. The fourth-order valence-corrected chi connectivity index (χ4v) is 2.56. The highest BCUT2D eigenvalue weighted by atomic mass is 35.5. The Labute approximate surface area is 132 Å². The number of aromatic nitrogens is 1. The average molecular weight is 313 g/mol. The number of nitrogens with one attached hydrogen (secondary N) is 1. The second-order valence-corrected chi connectivity index (χ2v) is 5.62. The molecule has 1 amide bonds. The monoisotopic (exact) mass is 312 g/mol. The maximum absolute atomic E-state index is 12.2. The number of carbonyl (C=O) groups excluding carboxylic acids is 1. The molecule has 1 aliphatic rings. The lowest BCUT2D eigenvalue weighted by Gasteiger charge is -2.34.